The fourth-order valence-corrected chi connectivity index (χ4v) is 1.62. The standard InChI is InChI=1S/C15H24N2O4/c1-17(9-11-20-12-10-18)8-7-16-15(19)21-13-14-5-3-2-4-6-14/h2-6,18H,7-13H2,1H3,(H,16,19). The Morgan fingerprint density at radius 2 is 2.00 bits per heavy atom. The lowest BCUT2D eigenvalue weighted by molar-refractivity contribution is 0.0783. The van der Waals surface area contributed by atoms with E-state index in [0.29, 0.717) is 26.3 Å². The van der Waals surface area contributed by atoms with E-state index in [1.807, 2.05) is 42.3 Å². The summed E-state index contributed by atoms with van der Waals surface area (Å²) in [6, 6.07) is 9.55. The Bertz CT molecular complexity index is 387. The molecule has 0 aliphatic heterocycles. The molecule has 1 aromatic carbocycles. The van der Waals surface area contributed by atoms with Crippen molar-refractivity contribution in [2.45, 2.75) is 6.61 Å². The summed E-state index contributed by atoms with van der Waals surface area (Å²) < 4.78 is 10.3. The zero-order valence-corrected chi connectivity index (χ0v) is 12.5. The minimum absolute atomic E-state index is 0.0402. The summed E-state index contributed by atoms with van der Waals surface area (Å²) in [5.41, 5.74) is 0.964. The summed E-state index contributed by atoms with van der Waals surface area (Å²) in [6.07, 6.45) is -0.413. The van der Waals surface area contributed by atoms with Gasteiger partial charge in [-0.15, -0.1) is 0 Å². The zero-order valence-electron chi connectivity index (χ0n) is 12.5. The van der Waals surface area contributed by atoms with E-state index in [1.165, 1.54) is 0 Å². The number of nitrogens with one attached hydrogen (secondary N) is 1. The van der Waals surface area contributed by atoms with Gasteiger partial charge in [-0.1, -0.05) is 30.3 Å². The van der Waals surface area contributed by atoms with Crippen molar-refractivity contribution >= 4 is 6.09 Å². The number of aliphatic hydroxyl groups is 1. The average Bonchev–Trinajstić information content (AvgIpc) is 2.50. The molecule has 0 saturated carbocycles. The van der Waals surface area contributed by atoms with Crippen LogP contribution < -0.4 is 5.32 Å². The van der Waals surface area contributed by atoms with Gasteiger partial charge in [0.1, 0.15) is 6.61 Å². The third-order valence-electron chi connectivity index (χ3n) is 2.83. The van der Waals surface area contributed by atoms with E-state index in [1.54, 1.807) is 0 Å². The normalized spacial score (nSPS) is 10.6. The van der Waals surface area contributed by atoms with Crippen LogP contribution >= 0.6 is 0 Å². The molecule has 21 heavy (non-hydrogen) atoms. The fraction of sp³-hybridized carbons (Fsp3) is 0.533. The highest BCUT2D eigenvalue weighted by molar-refractivity contribution is 5.67. The van der Waals surface area contributed by atoms with Crippen LogP contribution in [0, 0.1) is 0 Å². The Kier molecular flexibility index (Phi) is 9.19. The number of carbonyl (C=O) groups is 1. The average molecular weight is 296 g/mol. The topological polar surface area (TPSA) is 71.0 Å². The second-order valence-electron chi connectivity index (χ2n) is 4.63. The number of carbonyl (C=O) groups excluding carboxylic acids is 1. The molecule has 6 nitrogen and oxygen atoms in total. The predicted molar refractivity (Wildman–Crippen MR) is 80.0 cm³/mol. The second-order valence-corrected chi connectivity index (χ2v) is 4.63. The molecule has 0 aromatic heterocycles. The number of rotatable bonds is 10. The number of amides is 1. The van der Waals surface area contributed by atoms with Crippen molar-refractivity contribution in [1.29, 1.82) is 0 Å². The maximum absolute atomic E-state index is 11.5. The Hall–Kier alpha value is -1.63. The molecule has 1 amide bonds. The van der Waals surface area contributed by atoms with Crippen molar-refractivity contribution in [3.8, 4) is 0 Å². The van der Waals surface area contributed by atoms with Crippen LogP contribution in [0.5, 0.6) is 0 Å². The summed E-state index contributed by atoms with van der Waals surface area (Å²) in [6.45, 7) is 3.22. The lowest BCUT2D eigenvalue weighted by Gasteiger charge is -2.16. The zero-order chi connectivity index (χ0) is 15.3. The van der Waals surface area contributed by atoms with E-state index >= 15 is 0 Å². The van der Waals surface area contributed by atoms with E-state index in [-0.39, 0.29) is 13.2 Å². The minimum atomic E-state index is -0.413. The molecule has 0 spiro atoms. The molecule has 0 aliphatic rings. The Morgan fingerprint density at radius 1 is 1.24 bits per heavy atom. The van der Waals surface area contributed by atoms with E-state index in [9.17, 15) is 4.79 Å². The van der Waals surface area contributed by atoms with Crippen LogP contribution in [0.1, 0.15) is 5.56 Å². The molecule has 0 saturated heterocycles. The van der Waals surface area contributed by atoms with Gasteiger partial charge in [-0.25, -0.2) is 4.79 Å². The van der Waals surface area contributed by atoms with Crippen LogP contribution in [-0.2, 0) is 16.1 Å². The Labute approximate surface area is 125 Å². The summed E-state index contributed by atoms with van der Waals surface area (Å²) in [5, 5.41) is 11.3. The van der Waals surface area contributed by atoms with Crippen LogP contribution in [0.25, 0.3) is 0 Å². The largest absolute Gasteiger partial charge is 0.445 e. The van der Waals surface area contributed by atoms with Gasteiger partial charge >= 0.3 is 6.09 Å². The molecule has 1 rings (SSSR count). The number of benzene rings is 1. The number of hydrogen-bond donors (Lipinski definition) is 2. The molecule has 1 aromatic rings. The predicted octanol–water partition coefficient (Wildman–Crippen LogP) is 0.853. The van der Waals surface area contributed by atoms with Crippen molar-refractivity contribution < 1.29 is 19.4 Å². The first-order chi connectivity index (χ1) is 10.2. The van der Waals surface area contributed by atoms with Gasteiger partial charge in [-0.05, 0) is 12.6 Å². The van der Waals surface area contributed by atoms with E-state index in [0.717, 1.165) is 12.1 Å². The van der Waals surface area contributed by atoms with Crippen LogP contribution in [0.4, 0.5) is 4.79 Å². The number of likely N-dealkylation sites (N-methyl/N-ethyl adjacent to an activating group) is 1. The number of alkyl carbamates (subject to hydrolysis) is 1. The summed E-state index contributed by atoms with van der Waals surface area (Å²) in [7, 11) is 1.94. The molecule has 6 heteroatoms. The molecular formula is C15H24N2O4. The highest BCUT2D eigenvalue weighted by atomic mass is 16.5. The Balaban J connectivity index is 2.02. The van der Waals surface area contributed by atoms with Gasteiger partial charge in [-0.2, -0.15) is 0 Å². The number of hydrogen-bond acceptors (Lipinski definition) is 5. The Morgan fingerprint density at radius 3 is 2.71 bits per heavy atom. The van der Waals surface area contributed by atoms with Crippen molar-refractivity contribution in [1.82, 2.24) is 10.2 Å². The van der Waals surface area contributed by atoms with Gasteiger partial charge in [-0.3, -0.25) is 0 Å². The van der Waals surface area contributed by atoms with Crippen LogP contribution in [0.15, 0.2) is 30.3 Å². The summed E-state index contributed by atoms with van der Waals surface area (Å²) in [5.74, 6) is 0. The highest BCUT2D eigenvalue weighted by Gasteiger charge is 2.03. The minimum Gasteiger partial charge on any atom is -0.445 e. The van der Waals surface area contributed by atoms with Crippen LogP contribution in [-0.4, -0.2) is 62.6 Å². The maximum Gasteiger partial charge on any atom is 0.407 e. The summed E-state index contributed by atoms with van der Waals surface area (Å²) >= 11 is 0. The molecule has 0 fully saturated rings. The molecule has 0 aliphatic carbocycles. The quantitative estimate of drug-likeness (QED) is 0.627. The van der Waals surface area contributed by atoms with Crippen molar-refractivity contribution in [3.63, 3.8) is 0 Å². The second kappa shape index (κ2) is 11.1. The van der Waals surface area contributed by atoms with Gasteiger partial charge < -0.3 is 24.8 Å². The van der Waals surface area contributed by atoms with Crippen molar-refractivity contribution in [2.24, 2.45) is 0 Å². The van der Waals surface area contributed by atoms with Crippen LogP contribution in [0.3, 0.4) is 0 Å². The molecule has 2 N–H and O–H groups in total. The molecule has 0 atom stereocenters. The first-order valence-electron chi connectivity index (χ1n) is 7.04. The molecule has 0 heterocycles. The van der Waals surface area contributed by atoms with E-state index in [4.69, 9.17) is 14.6 Å². The number of aliphatic hydroxyl groups excluding tert-OH is 1. The first-order valence-corrected chi connectivity index (χ1v) is 7.04. The monoisotopic (exact) mass is 296 g/mol. The number of ether oxygens (including phenoxy) is 2. The fourth-order valence-electron chi connectivity index (χ4n) is 1.62. The lowest BCUT2D eigenvalue weighted by Crippen LogP contribution is -2.34. The van der Waals surface area contributed by atoms with E-state index in [2.05, 4.69) is 5.32 Å². The van der Waals surface area contributed by atoms with Crippen molar-refractivity contribution in [3.05, 3.63) is 35.9 Å². The van der Waals surface area contributed by atoms with Gasteiger partial charge in [0, 0.05) is 19.6 Å². The van der Waals surface area contributed by atoms with Gasteiger partial charge in [0.25, 0.3) is 0 Å². The van der Waals surface area contributed by atoms with E-state index < -0.39 is 6.09 Å². The third-order valence-corrected chi connectivity index (χ3v) is 2.83. The van der Waals surface area contributed by atoms with Crippen molar-refractivity contribution in [2.75, 3.05) is 46.5 Å². The van der Waals surface area contributed by atoms with Gasteiger partial charge in [0.2, 0.25) is 0 Å². The maximum atomic E-state index is 11.5. The van der Waals surface area contributed by atoms with Gasteiger partial charge in [0.15, 0.2) is 0 Å². The molecular weight excluding hydrogens is 272 g/mol. The molecule has 0 bridgehead atoms. The highest BCUT2D eigenvalue weighted by Crippen LogP contribution is 2.00. The molecule has 118 valence electrons. The smallest absolute Gasteiger partial charge is 0.407 e. The van der Waals surface area contributed by atoms with Crippen LogP contribution in [0.2, 0.25) is 0 Å². The first kappa shape index (κ1) is 17.4. The SMILES string of the molecule is CN(CCNC(=O)OCc1ccccc1)CCOCCO. The third kappa shape index (κ3) is 9.01. The van der Waals surface area contributed by atoms with Gasteiger partial charge in [0.05, 0.1) is 19.8 Å². The summed E-state index contributed by atoms with van der Waals surface area (Å²) in [4.78, 5) is 13.5. The lowest BCUT2D eigenvalue weighted by atomic mass is 10.2. The molecule has 0 unspecified atom stereocenters. The molecule has 0 radical (unpaired) electrons. The number of nitrogens with zero attached hydrogens (tertiary/aromatic N) is 1.